The molecule has 5 atom stereocenters. The van der Waals surface area contributed by atoms with Gasteiger partial charge in [0.05, 0.1) is 18.1 Å². The number of carbonyl (C=O) groups is 5. The van der Waals surface area contributed by atoms with E-state index in [1.165, 1.54) is 6.08 Å². The van der Waals surface area contributed by atoms with Crippen LogP contribution in [0.5, 0.6) is 0 Å². The number of unbranched alkanes of at least 4 members (excludes halogenated alkanes) is 1. The molecule has 3 unspecified atom stereocenters. The first kappa shape index (κ1) is 41.0. The summed E-state index contributed by atoms with van der Waals surface area (Å²) in [5.41, 5.74) is -0.374. The number of urea groups is 1. The van der Waals surface area contributed by atoms with E-state index in [2.05, 4.69) is 51.9 Å². The highest BCUT2D eigenvalue weighted by atomic mass is 16.5. The number of rotatable bonds is 18. The maximum Gasteiger partial charge on any atom is 0.407 e. The molecule has 12 heteroatoms. The van der Waals surface area contributed by atoms with Crippen LogP contribution in [0.15, 0.2) is 12.7 Å². The minimum Gasteiger partial charge on any atom is -0.447 e. The van der Waals surface area contributed by atoms with Gasteiger partial charge in [-0.25, -0.2) is 9.59 Å². The van der Waals surface area contributed by atoms with Gasteiger partial charge >= 0.3 is 12.1 Å². The molecule has 5 amide bonds. The smallest absolute Gasteiger partial charge is 0.407 e. The first-order valence-corrected chi connectivity index (χ1v) is 18.2. The van der Waals surface area contributed by atoms with Crippen molar-refractivity contribution in [3.05, 3.63) is 12.7 Å². The van der Waals surface area contributed by atoms with Gasteiger partial charge in [-0.1, -0.05) is 79.7 Å². The first-order chi connectivity index (χ1) is 22.7. The van der Waals surface area contributed by atoms with Crippen LogP contribution in [0.25, 0.3) is 0 Å². The van der Waals surface area contributed by atoms with E-state index in [-0.39, 0.29) is 54.3 Å². The number of nitrogens with zero attached hydrogens (tertiary/aromatic N) is 1. The third kappa shape index (κ3) is 13.0. The summed E-state index contributed by atoms with van der Waals surface area (Å²) in [5.74, 6) is -1.10. The monoisotopic (exact) mass is 676 g/mol. The zero-order chi connectivity index (χ0) is 35.9. The Morgan fingerprint density at radius 1 is 0.958 bits per heavy atom. The van der Waals surface area contributed by atoms with Crippen LogP contribution >= 0.6 is 0 Å². The zero-order valence-electron chi connectivity index (χ0n) is 30.6. The Morgan fingerprint density at radius 3 is 2.23 bits per heavy atom. The molecule has 2 fully saturated rings. The van der Waals surface area contributed by atoms with Crippen LogP contribution in [0.3, 0.4) is 0 Å². The number of likely N-dealkylation sites (tertiary alicyclic amines) is 1. The molecule has 48 heavy (non-hydrogen) atoms. The highest BCUT2D eigenvalue weighted by Crippen LogP contribution is 2.33. The maximum atomic E-state index is 14.1. The molecule has 0 spiro atoms. The predicted molar refractivity (Wildman–Crippen MR) is 188 cm³/mol. The summed E-state index contributed by atoms with van der Waals surface area (Å²) in [6.45, 7) is 19.4. The van der Waals surface area contributed by atoms with E-state index in [4.69, 9.17) is 4.74 Å². The average Bonchev–Trinajstić information content (AvgIpc) is 3.47. The molecule has 1 heterocycles. The van der Waals surface area contributed by atoms with E-state index in [0.717, 1.165) is 44.9 Å². The van der Waals surface area contributed by atoms with Crippen molar-refractivity contribution in [2.75, 3.05) is 32.8 Å². The van der Waals surface area contributed by atoms with Crippen LogP contribution in [0.4, 0.5) is 9.59 Å². The number of alkyl carbamates (subject to hydrolysis) is 1. The lowest BCUT2D eigenvalue weighted by Gasteiger charge is -2.38. The van der Waals surface area contributed by atoms with E-state index >= 15 is 0 Å². The number of amides is 5. The molecule has 0 aromatic rings. The summed E-state index contributed by atoms with van der Waals surface area (Å²) in [4.78, 5) is 67.5. The van der Waals surface area contributed by atoms with Gasteiger partial charge in [-0.2, -0.15) is 0 Å². The number of carbonyl (C=O) groups excluding carboxylic acids is 5. The Bertz CT molecular complexity index is 1070. The molecule has 1 aliphatic carbocycles. The summed E-state index contributed by atoms with van der Waals surface area (Å²) in [7, 11) is 0. The van der Waals surface area contributed by atoms with Gasteiger partial charge in [0.15, 0.2) is 0 Å². The van der Waals surface area contributed by atoms with Crippen LogP contribution in [-0.4, -0.2) is 91.6 Å². The van der Waals surface area contributed by atoms with Crippen molar-refractivity contribution in [3.8, 4) is 0 Å². The van der Waals surface area contributed by atoms with Crippen molar-refractivity contribution in [1.82, 2.24) is 31.5 Å². The number of nitrogens with one attached hydrogen (secondary N) is 5. The van der Waals surface area contributed by atoms with Crippen molar-refractivity contribution in [2.24, 2.45) is 23.2 Å². The molecule has 0 bridgehead atoms. The van der Waals surface area contributed by atoms with Gasteiger partial charge in [-0.15, -0.1) is 6.58 Å². The van der Waals surface area contributed by atoms with Crippen LogP contribution in [0, 0.1) is 23.2 Å². The van der Waals surface area contributed by atoms with Gasteiger partial charge in [-0.3, -0.25) is 19.3 Å². The summed E-state index contributed by atoms with van der Waals surface area (Å²) < 4.78 is 5.38. The predicted octanol–water partition coefficient (Wildman–Crippen LogP) is 4.29. The van der Waals surface area contributed by atoms with Gasteiger partial charge < -0.3 is 31.3 Å². The van der Waals surface area contributed by atoms with Crippen molar-refractivity contribution >= 4 is 29.7 Å². The Morgan fingerprint density at radius 2 is 1.65 bits per heavy atom. The molecule has 1 aliphatic heterocycles. The summed E-state index contributed by atoms with van der Waals surface area (Å²) in [6.07, 6.45) is 9.01. The minimum absolute atomic E-state index is 0.0326. The largest absolute Gasteiger partial charge is 0.447 e. The third-order valence-corrected chi connectivity index (χ3v) is 9.80. The van der Waals surface area contributed by atoms with Gasteiger partial charge in [0.25, 0.3) is 5.91 Å². The third-order valence-electron chi connectivity index (χ3n) is 9.80. The standard InChI is InChI=1S/C36H64N6O6/c1-9-12-18-27(31(43)33(45)38-20-10-2)39-32(44)30-26(24(4)5)19-21-42(30)22-28(25-16-14-13-15-17-25)40-34(46)41-29(36(6,7)8)23-48-35(47)37-11-3/h10,24-30H,2,9,11-23H2,1,3-8H3,(H,37,47)(H,38,45)(H,39,44)(H2,40,41,46)/t26-,27?,28?,29-,30?/m1/s1. The van der Waals surface area contributed by atoms with Gasteiger partial charge in [0, 0.05) is 25.7 Å². The van der Waals surface area contributed by atoms with Crippen molar-refractivity contribution in [3.63, 3.8) is 0 Å². The molecule has 0 aromatic carbocycles. The lowest BCUT2D eigenvalue weighted by Crippen LogP contribution is -2.59. The second-order valence-electron chi connectivity index (χ2n) is 14.9. The van der Waals surface area contributed by atoms with Gasteiger partial charge in [-0.05, 0) is 62.3 Å². The molecular formula is C36H64N6O6. The van der Waals surface area contributed by atoms with Gasteiger partial charge in [0.1, 0.15) is 6.61 Å². The van der Waals surface area contributed by atoms with Crippen molar-refractivity contribution < 1.29 is 28.7 Å². The molecule has 12 nitrogen and oxygen atoms in total. The number of Topliss-reactive ketones (excluding diaryl/α,β-unsaturated/α-hetero) is 1. The summed E-state index contributed by atoms with van der Waals surface area (Å²) in [5, 5.41) is 14.5. The quantitative estimate of drug-likeness (QED) is 0.107. The normalized spacial score (nSPS) is 20.7. The van der Waals surface area contributed by atoms with Crippen LogP contribution in [0.1, 0.15) is 106 Å². The zero-order valence-corrected chi connectivity index (χ0v) is 30.6. The summed E-state index contributed by atoms with van der Waals surface area (Å²) >= 11 is 0. The van der Waals surface area contributed by atoms with Crippen LogP contribution < -0.4 is 26.6 Å². The lowest BCUT2D eigenvalue weighted by atomic mass is 9.83. The fraction of sp³-hybridized carbons (Fsp3) is 0.806. The van der Waals surface area contributed by atoms with E-state index in [1.807, 2.05) is 34.6 Å². The average molecular weight is 677 g/mol. The van der Waals surface area contributed by atoms with Crippen molar-refractivity contribution in [1.29, 1.82) is 0 Å². The molecule has 2 rings (SSSR count). The molecule has 1 saturated heterocycles. The maximum absolute atomic E-state index is 14.1. The molecular weight excluding hydrogens is 612 g/mol. The first-order valence-electron chi connectivity index (χ1n) is 18.2. The Kier molecular flexibility index (Phi) is 17.4. The molecule has 2 aliphatic rings. The molecule has 5 N–H and O–H groups in total. The molecule has 274 valence electrons. The number of ether oxygens (including phenoxy) is 1. The molecule has 1 saturated carbocycles. The van der Waals surface area contributed by atoms with Crippen molar-refractivity contribution in [2.45, 2.75) is 130 Å². The lowest BCUT2D eigenvalue weighted by molar-refractivity contribution is -0.140. The fourth-order valence-electron chi connectivity index (χ4n) is 6.82. The van der Waals surface area contributed by atoms with Crippen LogP contribution in [-0.2, 0) is 19.1 Å². The van der Waals surface area contributed by atoms with E-state index in [0.29, 0.717) is 32.5 Å². The molecule has 0 radical (unpaired) electrons. The SMILES string of the molecule is C=CCNC(=O)C(=O)C(CCCC)NC(=O)C1[C@@H](C(C)C)CCN1CC(NC(=O)N[C@H](COC(=O)NCC)C(C)(C)C)C1CCCCC1. The van der Waals surface area contributed by atoms with Gasteiger partial charge in [0.2, 0.25) is 11.7 Å². The fourth-order valence-corrected chi connectivity index (χ4v) is 6.82. The number of hydrogen-bond acceptors (Lipinski definition) is 7. The Balaban J connectivity index is 2.28. The minimum atomic E-state index is -0.911. The topological polar surface area (TPSA) is 158 Å². The highest BCUT2D eigenvalue weighted by Gasteiger charge is 2.43. The highest BCUT2D eigenvalue weighted by molar-refractivity contribution is 6.38. The van der Waals surface area contributed by atoms with E-state index in [1.54, 1.807) is 0 Å². The van der Waals surface area contributed by atoms with Crippen LogP contribution in [0.2, 0.25) is 0 Å². The number of ketones is 1. The van der Waals surface area contributed by atoms with E-state index < -0.39 is 35.9 Å². The Hall–Kier alpha value is -3.15. The summed E-state index contributed by atoms with van der Waals surface area (Å²) in [6, 6.07) is -2.38. The second-order valence-corrected chi connectivity index (χ2v) is 14.9. The molecule has 0 aromatic heterocycles. The second kappa shape index (κ2) is 20.4. The number of hydrogen-bond donors (Lipinski definition) is 5. The van der Waals surface area contributed by atoms with E-state index in [9.17, 15) is 24.0 Å². The Labute approximate surface area is 288 Å².